The molecule has 0 saturated carbocycles. The molecule has 14 heavy (non-hydrogen) atoms. The zero-order chi connectivity index (χ0) is 10.8. The topological polar surface area (TPSA) is 43.1 Å². The molecule has 0 bridgehead atoms. The number of rotatable bonds is 2. The second-order valence-corrected chi connectivity index (χ2v) is 3.52. The molecule has 0 aliphatic heterocycles. The molecular formula is C8H6F3NOS. The van der Waals surface area contributed by atoms with Crippen LogP contribution in [0.25, 0.3) is 0 Å². The van der Waals surface area contributed by atoms with E-state index in [1.165, 1.54) is 24.3 Å². The van der Waals surface area contributed by atoms with Gasteiger partial charge in [-0.3, -0.25) is 4.79 Å². The van der Waals surface area contributed by atoms with Gasteiger partial charge in [-0.05, 0) is 23.9 Å². The molecule has 6 heteroatoms. The lowest BCUT2D eigenvalue weighted by Gasteiger charge is -2.07. The van der Waals surface area contributed by atoms with Gasteiger partial charge >= 0.3 is 5.51 Å². The maximum Gasteiger partial charge on any atom is 0.446 e. The van der Waals surface area contributed by atoms with Crippen molar-refractivity contribution in [1.82, 2.24) is 0 Å². The van der Waals surface area contributed by atoms with Gasteiger partial charge in [0.1, 0.15) is 0 Å². The summed E-state index contributed by atoms with van der Waals surface area (Å²) in [6.07, 6.45) is 0. The van der Waals surface area contributed by atoms with Crippen molar-refractivity contribution in [3.63, 3.8) is 0 Å². The van der Waals surface area contributed by atoms with Gasteiger partial charge in [-0.25, -0.2) is 0 Å². The fourth-order valence-corrected chi connectivity index (χ4v) is 1.56. The van der Waals surface area contributed by atoms with Crippen molar-refractivity contribution in [1.29, 1.82) is 0 Å². The van der Waals surface area contributed by atoms with Crippen LogP contribution in [-0.4, -0.2) is 11.4 Å². The highest BCUT2D eigenvalue weighted by molar-refractivity contribution is 8.00. The molecule has 76 valence electrons. The van der Waals surface area contributed by atoms with E-state index in [-0.39, 0.29) is 22.2 Å². The van der Waals surface area contributed by atoms with Crippen LogP contribution in [0.3, 0.4) is 0 Å². The molecule has 1 amide bonds. The van der Waals surface area contributed by atoms with Crippen LogP contribution in [0.1, 0.15) is 10.4 Å². The molecule has 0 aliphatic rings. The highest BCUT2D eigenvalue weighted by Gasteiger charge is 2.30. The van der Waals surface area contributed by atoms with Gasteiger partial charge in [-0.15, -0.1) is 0 Å². The zero-order valence-corrected chi connectivity index (χ0v) is 7.65. The van der Waals surface area contributed by atoms with Crippen LogP contribution >= 0.6 is 11.8 Å². The number of nitrogens with two attached hydrogens (primary N) is 1. The summed E-state index contributed by atoms with van der Waals surface area (Å²) in [5.74, 6) is -0.864. The van der Waals surface area contributed by atoms with Gasteiger partial charge in [0.2, 0.25) is 5.91 Å². The van der Waals surface area contributed by atoms with E-state index >= 15 is 0 Å². The Morgan fingerprint density at radius 2 is 1.86 bits per heavy atom. The summed E-state index contributed by atoms with van der Waals surface area (Å²) in [5.41, 5.74) is 0.387. The first-order valence-electron chi connectivity index (χ1n) is 3.55. The lowest BCUT2D eigenvalue weighted by atomic mass is 10.2. The minimum Gasteiger partial charge on any atom is -0.366 e. The van der Waals surface area contributed by atoms with E-state index in [0.717, 1.165) is 0 Å². The number of carbonyl (C=O) groups excluding carboxylic acids is 1. The van der Waals surface area contributed by atoms with Gasteiger partial charge in [-0.2, -0.15) is 13.2 Å². The van der Waals surface area contributed by atoms with Crippen LogP contribution in [-0.2, 0) is 0 Å². The van der Waals surface area contributed by atoms with Crippen LogP contribution in [0.2, 0.25) is 0 Å². The smallest absolute Gasteiger partial charge is 0.366 e. The van der Waals surface area contributed by atoms with E-state index < -0.39 is 11.4 Å². The Balaban J connectivity index is 3.02. The van der Waals surface area contributed by atoms with Gasteiger partial charge < -0.3 is 5.73 Å². The van der Waals surface area contributed by atoms with Crippen molar-refractivity contribution in [3.05, 3.63) is 29.8 Å². The third-order valence-corrected chi connectivity index (χ3v) is 2.19. The fourth-order valence-electron chi connectivity index (χ4n) is 0.884. The second-order valence-electron chi connectivity index (χ2n) is 2.41. The molecule has 0 unspecified atom stereocenters. The van der Waals surface area contributed by atoms with E-state index in [1.807, 2.05) is 0 Å². The summed E-state index contributed by atoms with van der Waals surface area (Å²) in [4.78, 5) is 10.6. The lowest BCUT2D eigenvalue weighted by molar-refractivity contribution is -0.0328. The third-order valence-electron chi connectivity index (χ3n) is 1.38. The molecule has 0 aliphatic carbocycles. The minimum absolute atomic E-state index is 0.116. The molecule has 0 fully saturated rings. The number of benzene rings is 1. The first kappa shape index (κ1) is 10.9. The van der Waals surface area contributed by atoms with Crippen molar-refractivity contribution in [3.8, 4) is 0 Å². The number of thioether (sulfide) groups is 1. The Morgan fingerprint density at radius 3 is 2.36 bits per heavy atom. The molecule has 1 rings (SSSR count). The number of hydrogen-bond acceptors (Lipinski definition) is 2. The van der Waals surface area contributed by atoms with Crippen molar-refractivity contribution in [2.24, 2.45) is 5.73 Å². The highest BCUT2D eigenvalue weighted by atomic mass is 32.2. The highest BCUT2D eigenvalue weighted by Crippen LogP contribution is 2.38. The molecule has 0 atom stereocenters. The minimum atomic E-state index is -4.41. The lowest BCUT2D eigenvalue weighted by Crippen LogP contribution is -2.13. The number of amides is 1. The molecule has 0 heterocycles. The van der Waals surface area contributed by atoms with Gasteiger partial charge in [0.25, 0.3) is 0 Å². The van der Waals surface area contributed by atoms with Crippen molar-refractivity contribution < 1.29 is 18.0 Å². The van der Waals surface area contributed by atoms with E-state index in [2.05, 4.69) is 0 Å². The average Bonchev–Trinajstić information content (AvgIpc) is 2.01. The number of primary amides is 1. The van der Waals surface area contributed by atoms with Crippen LogP contribution < -0.4 is 5.73 Å². The third kappa shape index (κ3) is 2.95. The predicted octanol–water partition coefficient (Wildman–Crippen LogP) is 2.40. The van der Waals surface area contributed by atoms with E-state index in [9.17, 15) is 18.0 Å². The largest absolute Gasteiger partial charge is 0.446 e. The summed E-state index contributed by atoms with van der Waals surface area (Å²) in [6, 6.07) is 5.34. The summed E-state index contributed by atoms with van der Waals surface area (Å²) < 4.78 is 36.0. The summed E-state index contributed by atoms with van der Waals surface area (Å²) in [5, 5.41) is 0. The molecule has 2 nitrogen and oxygen atoms in total. The standard InChI is InChI=1S/C8H6F3NOS/c9-8(10,11)14-6-4-2-1-3-5(6)7(12)13/h1-4H,(H2,12,13). The summed E-state index contributed by atoms with van der Waals surface area (Å²) in [6.45, 7) is 0. The Morgan fingerprint density at radius 1 is 1.29 bits per heavy atom. The van der Waals surface area contributed by atoms with E-state index in [4.69, 9.17) is 5.73 Å². The summed E-state index contributed by atoms with van der Waals surface area (Å²) in [7, 11) is 0. The normalized spacial score (nSPS) is 11.4. The first-order chi connectivity index (χ1) is 6.40. The molecule has 2 N–H and O–H groups in total. The van der Waals surface area contributed by atoms with Crippen LogP contribution in [0, 0.1) is 0 Å². The van der Waals surface area contributed by atoms with Crippen molar-refractivity contribution in [2.45, 2.75) is 10.4 Å². The zero-order valence-electron chi connectivity index (χ0n) is 6.84. The first-order valence-corrected chi connectivity index (χ1v) is 4.36. The molecule has 0 spiro atoms. The van der Waals surface area contributed by atoms with Crippen LogP contribution in [0.5, 0.6) is 0 Å². The Bertz CT molecular complexity index is 351. The Hall–Kier alpha value is -1.17. The fraction of sp³-hybridized carbons (Fsp3) is 0.125. The monoisotopic (exact) mass is 221 g/mol. The molecule has 0 aromatic heterocycles. The maximum absolute atomic E-state index is 12.0. The number of halogens is 3. The predicted molar refractivity (Wildman–Crippen MR) is 46.9 cm³/mol. The van der Waals surface area contributed by atoms with E-state index in [1.54, 1.807) is 0 Å². The van der Waals surface area contributed by atoms with Crippen molar-refractivity contribution in [2.75, 3.05) is 0 Å². The molecule has 0 radical (unpaired) electrons. The summed E-state index contributed by atoms with van der Waals surface area (Å²) >= 11 is -0.345. The number of hydrogen-bond donors (Lipinski definition) is 1. The van der Waals surface area contributed by atoms with E-state index in [0.29, 0.717) is 0 Å². The molecule has 1 aromatic rings. The quantitative estimate of drug-likeness (QED) is 0.779. The van der Waals surface area contributed by atoms with Crippen LogP contribution in [0.4, 0.5) is 13.2 Å². The number of alkyl halides is 3. The van der Waals surface area contributed by atoms with Gasteiger partial charge in [0.05, 0.1) is 5.56 Å². The SMILES string of the molecule is NC(=O)c1ccccc1SC(F)(F)F. The second kappa shape index (κ2) is 3.91. The maximum atomic E-state index is 12.0. The van der Waals surface area contributed by atoms with Gasteiger partial charge in [0, 0.05) is 4.90 Å². The molecule has 1 aromatic carbocycles. The number of carbonyl (C=O) groups is 1. The van der Waals surface area contributed by atoms with Gasteiger partial charge in [0.15, 0.2) is 0 Å². The Kier molecular flexibility index (Phi) is 3.05. The van der Waals surface area contributed by atoms with Crippen molar-refractivity contribution >= 4 is 17.7 Å². The molecule has 0 saturated heterocycles. The van der Waals surface area contributed by atoms with Crippen LogP contribution in [0.15, 0.2) is 29.2 Å². The van der Waals surface area contributed by atoms with Gasteiger partial charge in [-0.1, -0.05) is 12.1 Å². The average molecular weight is 221 g/mol. The molecular weight excluding hydrogens is 215 g/mol. The Labute approximate surface area is 82.3 Å².